The highest BCUT2D eigenvalue weighted by atomic mass is 16.4. The van der Waals surface area contributed by atoms with Crippen molar-refractivity contribution in [3.05, 3.63) is 12.2 Å². The van der Waals surface area contributed by atoms with E-state index >= 15 is 0 Å². The Hall–Kier alpha value is -0.340. The molecule has 0 radical (unpaired) electrons. The lowest BCUT2D eigenvalue weighted by atomic mass is 9.77. The van der Waals surface area contributed by atoms with Crippen LogP contribution in [-0.4, -0.2) is 21.4 Å². The van der Waals surface area contributed by atoms with Crippen molar-refractivity contribution in [3.63, 3.8) is 0 Å². The van der Waals surface area contributed by atoms with Gasteiger partial charge in [0.15, 0.2) is 0 Å². The minimum atomic E-state index is -0.804. The third-order valence-corrected chi connectivity index (χ3v) is 3.12. The summed E-state index contributed by atoms with van der Waals surface area (Å²) in [5.41, 5.74) is -1.61. The van der Waals surface area contributed by atoms with E-state index in [0.29, 0.717) is 12.8 Å². The third-order valence-electron chi connectivity index (χ3n) is 3.12. The molecule has 0 saturated heterocycles. The van der Waals surface area contributed by atoms with Crippen LogP contribution in [0.2, 0.25) is 0 Å². The van der Waals surface area contributed by atoms with Crippen LogP contribution in [0, 0.1) is 0 Å². The standard InChI is InChI=1S/C9H14O2/c10-8-4-1-2-5-9(8,11)7-3-6-8/h1-2,10-11H,3-7H2/t8-,9+. The largest absolute Gasteiger partial charge is 0.387 e. The van der Waals surface area contributed by atoms with E-state index in [2.05, 4.69) is 0 Å². The predicted molar refractivity (Wildman–Crippen MR) is 42.1 cm³/mol. The maximum Gasteiger partial charge on any atom is 0.0970 e. The van der Waals surface area contributed by atoms with E-state index < -0.39 is 11.2 Å². The molecule has 2 heteroatoms. The van der Waals surface area contributed by atoms with E-state index in [1.54, 1.807) is 0 Å². The van der Waals surface area contributed by atoms with E-state index in [-0.39, 0.29) is 0 Å². The van der Waals surface area contributed by atoms with Crippen molar-refractivity contribution in [1.29, 1.82) is 0 Å². The number of rotatable bonds is 0. The molecule has 11 heavy (non-hydrogen) atoms. The van der Waals surface area contributed by atoms with Gasteiger partial charge >= 0.3 is 0 Å². The zero-order valence-electron chi connectivity index (χ0n) is 6.58. The molecule has 0 spiro atoms. The molecule has 0 aromatic heterocycles. The predicted octanol–water partition coefficient (Wildman–Crippen LogP) is 0.982. The fraction of sp³-hybridized carbons (Fsp3) is 0.778. The van der Waals surface area contributed by atoms with Crippen LogP contribution < -0.4 is 0 Å². The lowest BCUT2D eigenvalue weighted by Gasteiger charge is -2.39. The summed E-state index contributed by atoms with van der Waals surface area (Å²) in [6, 6.07) is 0. The molecule has 0 aliphatic heterocycles. The first-order chi connectivity index (χ1) is 5.16. The normalized spacial score (nSPS) is 49.3. The van der Waals surface area contributed by atoms with Gasteiger partial charge in [0.2, 0.25) is 0 Å². The van der Waals surface area contributed by atoms with Gasteiger partial charge in [0.1, 0.15) is 0 Å². The van der Waals surface area contributed by atoms with E-state index in [1.165, 1.54) is 0 Å². The number of hydrogen-bond donors (Lipinski definition) is 2. The second-order valence-corrected chi connectivity index (χ2v) is 3.80. The summed E-state index contributed by atoms with van der Waals surface area (Å²) in [6.45, 7) is 0. The van der Waals surface area contributed by atoms with Crippen LogP contribution in [0.4, 0.5) is 0 Å². The molecule has 1 fully saturated rings. The SMILES string of the molecule is O[C@@]12CC=CC[C@]1(O)CCC2. The number of fused-ring (bicyclic) bond motifs is 1. The summed E-state index contributed by atoms with van der Waals surface area (Å²) in [7, 11) is 0. The Bertz CT molecular complexity index is 180. The van der Waals surface area contributed by atoms with Crippen LogP contribution in [0.25, 0.3) is 0 Å². The van der Waals surface area contributed by atoms with E-state index in [0.717, 1.165) is 19.3 Å². The minimum absolute atomic E-state index is 0.628. The van der Waals surface area contributed by atoms with Gasteiger partial charge in [-0.15, -0.1) is 0 Å². The maximum absolute atomic E-state index is 9.97. The quantitative estimate of drug-likeness (QED) is 0.511. The van der Waals surface area contributed by atoms with Crippen molar-refractivity contribution < 1.29 is 10.2 Å². The molecule has 2 atom stereocenters. The number of aliphatic hydroxyl groups is 2. The van der Waals surface area contributed by atoms with Crippen molar-refractivity contribution in [2.75, 3.05) is 0 Å². The second-order valence-electron chi connectivity index (χ2n) is 3.80. The van der Waals surface area contributed by atoms with Gasteiger partial charge in [-0.1, -0.05) is 12.2 Å². The first-order valence-corrected chi connectivity index (χ1v) is 4.26. The average molecular weight is 154 g/mol. The summed E-state index contributed by atoms with van der Waals surface area (Å²) in [4.78, 5) is 0. The molecule has 0 unspecified atom stereocenters. The molecule has 2 aliphatic rings. The zero-order valence-corrected chi connectivity index (χ0v) is 6.58. The molecule has 1 saturated carbocycles. The molecule has 0 amide bonds. The Morgan fingerprint density at radius 1 is 0.909 bits per heavy atom. The molecule has 0 heterocycles. The Kier molecular flexibility index (Phi) is 1.38. The van der Waals surface area contributed by atoms with Crippen LogP contribution in [-0.2, 0) is 0 Å². The van der Waals surface area contributed by atoms with Crippen molar-refractivity contribution in [3.8, 4) is 0 Å². The van der Waals surface area contributed by atoms with Crippen LogP contribution in [0.15, 0.2) is 12.2 Å². The third kappa shape index (κ3) is 0.861. The molecule has 0 aromatic carbocycles. The lowest BCUT2D eigenvalue weighted by Crippen LogP contribution is -2.50. The van der Waals surface area contributed by atoms with Gasteiger partial charge in [0.05, 0.1) is 11.2 Å². The van der Waals surface area contributed by atoms with Gasteiger partial charge in [-0.3, -0.25) is 0 Å². The van der Waals surface area contributed by atoms with Gasteiger partial charge in [-0.25, -0.2) is 0 Å². The van der Waals surface area contributed by atoms with Crippen molar-refractivity contribution in [2.45, 2.75) is 43.3 Å². The Balaban J connectivity index is 2.32. The highest BCUT2D eigenvalue weighted by Crippen LogP contribution is 2.46. The second kappa shape index (κ2) is 2.08. The summed E-state index contributed by atoms with van der Waals surface area (Å²) in [6.07, 6.45) is 7.67. The molecular formula is C9H14O2. The van der Waals surface area contributed by atoms with Gasteiger partial charge < -0.3 is 10.2 Å². The lowest BCUT2D eigenvalue weighted by molar-refractivity contribution is -0.130. The first-order valence-electron chi connectivity index (χ1n) is 4.26. The van der Waals surface area contributed by atoms with Crippen LogP contribution in [0.3, 0.4) is 0 Å². The fourth-order valence-electron chi connectivity index (χ4n) is 2.28. The van der Waals surface area contributed by atoms with Crippen LogP contribution >= 0.6 is 0 Å². The maximum atomic E-state index is 9.97. The highest BCUT2D eigenvalue weighted by Gasteiger charge is 2.52. The Morgan fingerprint density at radius 2 is 1.36 bits per heavy atom. The summed E-state index contributed by atoms with van der Waals surface area (Å²) in [5, 5.41) is 19.9. The first kappa shape index (κ1) is 7.32. The fourth-order valence-corrected chi connectivity index (χ4v) is 2.28. The summed E-state index contributed by atoms with van der Waals surface area (Å²) < 4.78 is 0. The Labute approximate surface area is 66.5 Å². The Morgan fingerprint density at radius 3 is 1.82 bits per heavy atom. The highest BCUT2D eigenvalue weighted by molar-refractivity contribution is 5.15. The average Bonchev–Trinajstić information content (AvgIpc) is 2.25. The molecular weight excluding hydrogens is 140 g/mol. The molecule has 2 nitrogen and oxygen atoms in total. The van der Waals surface area contributed by atoms with Crippen LogP contribution in [0.5, 0.6) is 0 Å². The van der Waals surface area contributed by atoms with Gasteiger partial charge in [-0.05, 0) is 32.1 Å². The van der Waals surface area contributed by atoms with Gasteiger partial charge in [0, 0.05) is 0 Å². The topological polar surface area (TPSA) is 40.5 Å². The van der Waals surface area contributed by atoms with Gasteiger partial charge in [0.25, 0.3) is 0 Å². The summed E-state index contributed by atoms with van der Waals surface area (Å²) in [5.74, 6) is 0. The van der Waals surface area contributed by atoms with Crippen molar-refractivity contribution in [1.82, 2.24) is 0 Å². The molecule has 0 bridgehead atoms. The van der Waals surface area contributed by atoms with E-state index in [4.69, 9.17) is 0 Å². The molecule has 0 aromatic rings. The zero-order chi connectivity index (χ0) is 7.95. The molecule has 62 valence electrons. The van der Waals surface area contributed by atoms with Crippen molar-refractivity contribution in [2.24, 2.45) is 0 Å². The smallest absolute Gasteiger partial charge is 0.0970 e. The molecule has 2 aliphatic carbocycles. The molecule has 2 rings (SSSR count). The van der Waals surface area contributed by atoms with Crippen LogP contribution in [0.1, 0.15) is 32.1 Å². The minimum Gasteiger partial charge on any atom is -0.387 e. The summed E-state index contributed by atoms with van der Waals surface area (Å²) >= 11 is 0. The molecule has 2 N–H and O–H groups in total. The van der Waals surface area contributed by atoms with Gasteiger partial charge in [-0.2, -0.15) is 0 Å². The van der Waals surface area contributed by atoms with E-state index in [9.17, 15) is 10.2 Å². The van der Waals surface area contributed by atoms with Crippen molar-refractivity contribution >= 4 is 0 Å². The monoisotopic (exact) mass is 154 g/mol. The van der Waals surface area contributed by atoms with E-state index in [1.807, 2.05) is 12.2 Å². The number of hydrogen-bond acceptors (Lipinski definition) is 2.